The molecule has 2 aliphatic rings. The Hall–Kier alpha value is -2.15. The van der Waals surface area contributed by atoms with Crippen LogP contribution < -0.4 is 5.32 Å². The van der Waals surface area contributed by atoms with Crippen LogP contribution in [-0.4, -0.2) is 49.5 Å². The van der Waals surface area contributed by atoms with E-state index in [-0.39, 0.29) is 5.91 Å². The summed E-state index contributed by atoms with van der Waals surface area (Å²) < 4.78 is 3.91. The number of nitrogens with zero attached hydrogens (tertiary/aromatic N) is 5. The molecule has 0 aromatic carbocycles. The molecule has 1 aliphatic carbocycles. The van der Waals surface area contributed by atoms with Crippen LogP contribution in [0.4, 0.5) is 5.82 Å². The summed E-state index contributed by atoms with van der Waals surface area (Å²) in [5.41, 5.74) is 0. The lowest BCUT2D eigenvalue weighted by Gasteiger charge is -2.24. The first-order chi connectivity index (χ1) is 12.2. The van der Waals surface area contributed by atoms with E-state index in [1.807, 2.05) is 27.7 Å². The van der Waals surface area contributed by atoms with Crippen LogP contribution in [0.2, 0.25) is 0 Å². The van der Waals surface area contributed by atoms with Crippen LogP contribution in [0.1, 0.15) is 38.6 Å². The van der Waals surface area contributed by atoms with Crippen LogP contribution in [0.5, 0.6) is 0 Å². The molecule has 4 rings (SSSR count). The summed E-state index contributed by atoms with van der Waals surface area (Å²) in [6.07, 6.45) is 10.3. The largest absolute Gasteiger partial charge is 0.310 e. The van der Waals surface area contributed by atoms with Gasteiger partial charge in [0.2, 0.25) is 5.91 Å². The Morgan fingerprint density at radius 3 is 2.96 bits per heavy atom. The lowest BCUT2D eigenvalue weighted by molar-refractivity contribution is -0.117. The van der Waals surface area contributed by atoms with Crippen LogP contribution in [0.15, 0.2) is 30.7 Å². The molecule has 2 unspecified atom stereocenters. The van der Waals surface area contributed by atoms with Crippen molar-refractivity contribution in [3.05, 3.63) is 30.7 Å². The van der Waals surface area contributed by atoms with Gasteiger partial charge in [0.05, 0.1) is 25.3 Å². The first kappa shape index (κ1) is 16.3. The number of hydrogen-bond donors (Lipinski definition) is 1. The van der Waals surface area contributed by atoms with Gasteiger partial charge >= 0.3 is 0 Å². The molecule has 2 fully saturated rings. The van der Waals surface area contributed by atoms with Crippen LogP contribution in [0.3, 0.4) is 0 Å². The summed E-state index contributed by atoms with van der Waals surface area (Å²) in [5, 5.41) is 11.7. The minimum absolute atomic E-state index is 0.0390. The Morgan fingerprint density at radius 2 is 2.20 bits per heavy atom. The van der Waals surface area contributed by atoms with Crippen molar-refractivity contribution in [1.82, 2.24) is 24.5 Å². The quantitative estimate of drug-likeness (QED) is 0.837. The van der Waals surface area contributed by atoms with Crippen molar-refractivity contribution in [3.8, 4) is 0 Å². The normalized spacial score (nSPS) is 22.2. The van der Waals surface area contributed by atoms with Crippen molar-refractivity contribution in [2.75, 3.05) is 18.4 Å². The number of nitrogens with one attached hydrogen (secondary N) is 1. The standard InChI is InChI=1S/C18H26N6O/c1-14(15-5-6-15)24-17(7-9-20-24)21-18(25)13-22-10-2-4-16(22)12-23-11-3-8-19-23/h3,7-9,11,14-16H,2,4-6,10,12-13H2,1H3,(H,21,25). The smallest absolute Gasteiger partial charge is 0.239 e. The molecule has 2 aromatic heterocycles. The second kappa shape index (κ2) is 7.00. The highest BCUT2D eigenvalue weighted by molar-refractivity contribution is 5.91. The van der Waals surface area contributed by atoms with E-state index in [0.29, 0.717) is 24.5 Å². The fourth-order valence-electron chi connectivity index (χ4n) is 3.82. The van der Waals surface area contributed by atoms with E-state index in [1.165, 1.54) is 12.8 Å². The van der Waals surface area contributed by atoms with Gasteiger partial charge in [0.1, 0.15) is 5.82 Å². The average Bonchev–Trinajstić information content (AvgIpc) is 2.97. The Balaban J connectivity index is 1.35. The second-order valence-corrected chi connectivity index (χ2v) is 7.28. The number of anilines is 1. The van der Waals surface area contributed by atoms with Gasteiger partial charge in [-0.1, -0.05) is 0 Å². The predicted octanol–water partition coefficient (Wildman–Crippen LogP) is 2.15. The third kappa shape index (κ3) is 3.76. The number of carbonyl (C=O) groups is 1. The Labute approximate surface area is 148 Å². The monoisotopic (exact) mass is 342 g/mol. The number of rotatable bonds is 7. The van der Waals surface area contributed by atoms with Gasteiger partial charge in [-0.25, -0.2) is 4.68 Å². The molecular weight excluding hydrogens is 316 g/mol. The molecule has 1 N–H and O–H groups in total. The van der Waals surface area contributed by atoms with E-state index in [1.54, 1.807) is 12.4 Å². The van der Waals surface area contributed by atoms with E-state index in [4.69, 9.17) is 0 Å². The number of carbonyl (C=O) groups excluding carboxylic acids is 1. The minimum Gasteiger partial charge on any atom is -0.310 e. The molecule has 134 valence electrons. The molecular formula is C18H26N6O. The molecule has 3 heterocycles. The SMILES string of the molecule is CC(C1CC1)n1nccc1NC(=O)CN1CCCC1Cn1cccn1. The van der Waals surface area contributed by atoms with E-state index < -0.39 is 0 Å². The molecule has 1 saturated carbocycles. The van der Waals surface area contributed by atoms with Gasteiger partial charge in [-0.3, -0.25) is 14.4 Å². The minimum atomic E-state index is 0.0390. The van der Waals surface area contributed by atoms with Crippen molar-refractivity contribution < 1.29 is 4.79 Å². The predicted molar refractivity (Wildman–Crippen MR) is 95.1 cm³/mol. The van der Waals surface area contributed by atoms with Gasteiger partial charge in [-0.05, 0) is 51.1 Å². The van der Waals surface area contributed by atoms with Gasteiger partial charge < -0.3 is 5.32 Å². The zero-order valence-electron chi connectivity index (χ0n) is 14.7. The first-order valence-corrected chi connectivity index (χ1v) is 9.25. The number of hydrogen-bond acceptors (Lipinski definition) is 4. The highest BCUT2D eigenvalue weighted by atomic mass is 16.2. The fraction of sp³-hybridized carbons (Fsp3) is 0.611. The maximum absolute atomic E-state index is 12.6. The van der Waals surface area contributed by atoms with Gasteiger partial charge in [0, 0.05) is 24.5 Å². The van der Waals surface area contributed by atoms with Crippen LogP contribution in [0, 0.1) is 5.92 Å². The molecule has 1 saturated heterocycles. The van der Waals surface area contributed by atoms with Gasteiger partial charge in [-0.15, -0.1) is 0 Å². The highest BCUT2D eigenvalue weighted by Crippen LogP contribution is 2.40. The zero-order valence-corrected chi connectivity index (χ0v) is 14.7. The number of aromatic nitrogens is 4. The highest BCUT2D eigenvalue weighted by Gasteiger charge is 2.31. The molecule has 25 heavy (non-hydrogen) atoms. The summed E-state index contributed by atoms with van der Waals surface area (Å²) in [4.78, 5) is 14.8. The van der Waals surface area contributed by atoms with E-state index in [9.17, 15) is 4.79 Å². The second-order valence-electron chi connectivity index (χ2n) is 7.28. The summed E-state index contributed by atoms with van der Waals surface area (Å²) in [5.74, 6) is 1.55. The Bertz CT molecular complexity index is 705. The molecule has 2 atom stereocenters. The van der Waals surface area contributed by atoms with Crippen molar-refractivity contribution in [2.24, 2.45) is 5.92 Å². The summed E-state index contributed by atoms with van der Waals surface area (Å²) >= 11 is 0. The summed E-state index contributed by atoms with van der Waals surface area (Å²) in [6, 6.07) is 4.56. The first-order valence-electron chi connectivity index (χ1n) is 9.25. The van der Waals surface area contributed by atoms with Crippen molar-refractivity contribution in [2.45, 2.75) is 51.2 Å². The van der Waals surface area contributed by atoms with Crippen LogP contribution in [-0.2, 0) is 11.3 Å². The molecule has 1 amide bonds. The molecule has 1 aliphatic heterocycles. The summed E-state index contributed by atoms with van der Waals surface area (Å²) in [7, 11) is 0. The van der Waals surface area contributed by atoms with Gasteiger partial charge in [0.15, 0.2) is 0 Å². The maximum Gasteiger partial charge on any atom is 0.239 e. The molecule has 0 bridgehead atoms. The van der Waals surface area contributed by atoms with Crippen molar-refractivity contribution in [3.63, 3.8) is 0 Å². The Kier molecular flexibility index (Phi) is 4.57. The molecule has 0 radical (unpaired) electrons. The molecule has 7 heteroatoms. The Morgan fingerprint density at radius 1 is 1.32 bits per heavy atom. The third-order valence-electron chi connectivity index (χ3n) is 5.43. The summed E-state index contributed by atoms with van der Waals surface area (Å²) in [6.45, 7) is 4.42. The molecule has 2 aromatic rings. The average molecular weight is 342 g/mol. The third-order valence-corrected chi connectivity index (χ3v) is 5.43. The maximum atomic E-state index is 12.6. The topological polar surface area (TPSA) is 68.0 Å². The fourth-order valence-corrected chi connectivity index (χ4v) is 3.82. The zero-order chi connectivity index (χ0) is 17.2. The lowest BCUT2D eigenvalue weighted by atomic mass is 10.2. The lowest BCUT2D eigenvalue weighted by Crippen LogP contribution is -2.39. The van der Waals surface area contributed by atoms with Gasteiger partial charge in [-0.2, -0.15) is 10.2 Å². The van der Waals surface area contributed by atoms with Crippen molar-refractivity contribution >= 4 is 11.7 Å². The number of likely N-dealkylation sites (tertiary alicyclic amines) is 1. The number of amides is 1. The van der Waals surface area contributed by atoms with E-state index in [0.717, 1.165) is 31.7 Å². The van der Waals surface area contributed by atoms with E-state index in [2.05, 4.69) is 27.3 Å². The molecule has 7 nitrogen and oxygen atoms in total. The van der Waals surface area contributed by atoms with Crippen LogP contribution >= 0.6 is 0 Å². The van der Waals surface area contributed by atoms with Crippen LogP contribution in [0.25, 0.3) is 0 Å². The van der Waals surface area contributed by atoms with E-state index >= 15 is 0 Å². The molecule has 0 spiro atoms. The van der Waals surface area contributed by atoms with Crippen molar-refractivity contribution in [1.29, 1.82) is 0 Å². The van der Waals surface area contributed by atoms with Gasteiger partial charge in [0.25, 0.3) is 0 Å².